The van der Waals surface area contributed by atoms with Gasteiger partial charge in [-0.15, -0.1) is 0 Å². The molecule has 34 heavy (non-hydrogen) atoms. The lowest BCUT2D eigenvalue weighted by Crippen LogP contribution is -2.35. The molecule has 2 aromatic heterocycles. The topological polar surface area (TPSA) is 80.7 Å². The molecule has 1 aliphatic heterocycles. The van der Waals surface area contributed by atoms with E-state index in [-0.39, 0.29) is 17.6 Å². The Bertz CT molecular complexity index is 1390. The summed E-state index contributed by atoms with van der Waals surface area (Å²) < 4.78 is 27.5. The van der Waals surface area contributed by atoms with Crippen LogP contribution in [0.25, 0.3) is 22.2 Å². The van der Waals surface area contributed by atoms with E-state index in [2.05, 4.69) is 20.8 Å². The molecule has 5 rings (SSSR count). The second-order valence-corrected chi connectivity index (χ2v) is 9.20. The molecule has 1 aliphatic rings. The Hall–Kier alpha value is -3.33. The van der Waals surface area contributed by atoms with Gasteiger partial charge in [0.2, 0.25) is 5.76 Å². The van der Waals surface area contributed by atoms with Gasteiger partial charge >= 0.3 is 5.97 Å². The highest BCUT2D eigenvalue weighted by Crippen LogP contribution is 2.39. The van der Waals surface area contributed by atoms with Gasteiger partial charge in [0.1, 0.15) is 17.1 Å². The van der Waals surface area contributed by atoms with E-state index in [4.69, 9.17) is 14.3 Å². The quantitative estimate of drug-likeness (QED) is 0.340. The minimum atomic E-state index is -1.09. The minimum absolute atomic E-state index is 0.0793. The van der Waals surface area contributed by atoms with E-state index >= 15 is 0 Å². The number of halogens is 2. The van der Waals surface area contributed by atoms with Gasteiger partial charge < -0.3 is 19.2 Å². The molecule has 0 aliphatic carbocycles. The Morgan fingerprint density at radius 2 is 1.97 bits per heavy atom. The number of methoxy groups -OCH3 is 1. The summed E-state index contributed by atoms with van der Waals surface area (Å²) in [5.41, 5.74) is 4.16. The van der Waals surface area contributed by atoms with Crippen LogP contribution in [-0.2, 0) is 0 Å². The van der Waals surface area contributed by atoms with Crippen molar-refractivity contribution in [1.82, 2.24) is 9.78 Å². The number of hydrogen-bond acceptors (Lipinski definition) is 5. The number of aryl methyl sites for hydroxylation is 1. The Labute approximate surface area is 203 Å². The number of anilines is 1. The number of benzene rings is 2. The maximum absolute atomic E-state index is 13.7. The van der Waals surface area contributed by atoms with Gasteiger partial charge in [-0.3, -0.25) is 4.68 Å². The summed E-state index contributed by atoms with van der Waals surface area (Å²) in [6, 6.07) is 12.1. The van der Waals surface area contributed by atoms with E-state index in [1.54, 1.807) is 19.2 Å². The second-order valence-electron chi connectivity index (χ2n) is 8.40. The number of rotatable bonds is 5. The summed E-state index contributed by atoms with van der Waals surface area (Å²) in [6.45, 7) is 3.56. The lowest BCUT2D eigenvalue weighted by Gasteiger charge is -2.35. The van der Waals surface area contributed by atoms with Crippen LogP contribution in [0.4, 0.5) is 10.1 Å². The van der Waals surface area contributed by atoms with Gasteiger partial charge in [0, 0.05) is 36.2 Å². The maximum Gasteiger partial charge on any atom is 0.371 e. The lowest BCUT2D eigenvalue weighted by molar-refractivity contribution is 0.0665. The lowest BCUT2D eigenvalue weighted by atomic mass is 10.0. The van der Waals surface area contributed by atoms with Crippen LogP contribution in [0.1, 0.15) is 35.1 Å². The predicted molar refractivity (Wildman–Crippen MR) is 130 cm³/mol. The van der Waals surface area contributed by atoms with Crippen LogP contribution in [-0.4, -0.2) is 41.1 Å². The van der Waals surface area contributed by atoms with Gasteiger partial charge in [0.25, 0.3) is 0 Å². The van der Waals surface area contributed by atoms with Crippen LogP contribution >= 0.6 is 15.9 Å². The normalized spacial score (nSPS) is 14.6. The Morgan fingerprint density at radius 1 is 1.21 bits per heavy atom. The number of carboxylic acid groups (broad SMARTS) is 1. The smallest absolute Gasteiger partial charge is 0.371 e. The highest BCUT2D eigenvalue weighted by Gasteiger charge is 2.26. The van der Waals surface area contributed by atoms with Gasteiger partial charge in [-0.25, -0.2) is 9.18 Å². The molecular formula is C25H23BrFN3O4. The highest BCUT2D eigenvalue weighted by molar-refractivity contribution is 9.10. The molecule has 0 unspecified atom stereocenters. The molecule has 0 saturated carbocycles. The molecule has 1 fully saturated rings. The Morgan fingerprint density at radius 3 is 2.68 bits per heavy atom. The number of ether oxygens (including phenoxy) is 1. The SMILES string of the molecule is COc1cc(F)ccc1-c1cc(C)nn1C1CCN(c2ccc3oc(C(=O)O)cc3c2Br)CC1. The van der Waals surface area contributed by atoms with Crippen molar-refractivity contribution >= 4 is 38.6 Å². The largest absolute Gasteiger partial charge is 0.496 e. The van der Waals surface area contributed by atoms with E-state index in [1.807, 2.05) is 29.8 Å². The third kappa shape index (κ3) is 3.94. The van der Waals surface area contributed by atoms with Gasteiger partial charge in [-0.05, 0) is 66.0 Å². The summed E-state index contributed by atoms with van der Waals surface area (Å²) >= 11 is 3.65. The summed E-state index contributed by atoms with van der Waals surface area (Å²) in [5, 5.41) is 14.7. The third-order valence-corrected chi connectivity index (χ3v) is 7.11. The number of piperidine rings is 1. The minimum Gasteiger partial charge on any atom is -0.496 e. The van der Waals surface area contributed by atoms with Gasteiger partial charge in [-0.2, -0.15) is 5.10 Å². The number of fused-ring (bicyclic) bond motifs is 1. The molecule has 1 saturated heterocycles. The molecule has 9 heteroatoms. The second kappa shape index (κ2) is 8.79. The number of hydrogen-bond donors (Lipinski definition) is 1. The van der Waals surface area contributed by atoms with Crippen molar-refractivity contribution in [3.8, 4) is 17.0 Å². The number of furan rings is 1. The standard InChI is InChI=1S/C25H23BrFN3O4/c1-14-11-20(17-4-3-15(27)12-22(17)33-2)30(28-14)16-7-9-29(10-8-16)19-5-6-21-18(24(19)26)13-23(34-21)25(31)32/h3-6,11-13,16H,7-10H2,1-2H3,(H,31,32). The first-order valence-electron chi connectivity index (χ1n) is 11.0. The molecule has 0 atom stereocenters. The van der Waals surface area contributed by atoms with Crippen LogP contribution in [0.3, 0.4) is 0 Å². The van der Waals surface area contributed by atoms with Crippen molar-refractivity contribution in [2.75, 3.05) is 25.1 Å². The molecule has 0 amide bonds. The molecule has 0 spiro atoms. The zero-order chi connectivity index (χ0) is 24.0. The molecule has 2 aromatic carbocycles. The van der Waals surface area contributed by atoms with Crippen LogP contribution in [0.2, 0.25) is 0 Å². The van der Waals surface area contributed by atoms with Crippen molar-refractivity contribution < 1.29 is 23.4 Å². The van der Waals surface area contributed by atoms with Crippen LogP contribution in [0.5, 0.6) is 5.75 Å². The first-order valence-corrected chi connectivity index (χ1v) is 11.8. The zero-order valence-electron chi connectivity index (χ0n) is 18.7. The predicted octanol–water partition coefficient (Wildman–Crippen LogP) is 6.05. The third-order valence-electron chi connectivity index (χ3n) is 6.27. The van der Waals surface area contributed by atoms with E-state index < -0.39 is 5.97 Å². The van der Waals surface area contributed by atoms with E-state index in [1.165, 1.54) is 12.1 Å². The first kappa shape index (κ1) is 22.5. The molecule has 1 N–H and O–H groups in total. The van der Waals surface area contributed by atoms with E-state index in [9.17, 15) is 14.3 Å². The average Bonchev–Trinajstić information content (AvgIpc) is 3.44. The van der Waals surface area contributed by atoms with Crippen molar-refractivity contribution in [2.45, 2.75) is 25.8 Å². The Kier molecular flexibility index (Phi) is 5.81. The van der Waals surface area contributed by atoms with Gasteiger partial charge in [-0.1, -0.05) is 0 Å². The Balaban J connectivity index is 1.40. The summed E-state index contributed by atoms with van der Waals surface area (Å²) in [4.78, 5) is 13.6. The number of aromatic carboxylic acids is 1. The van der Waals surface area contributed by atoms with Crippen molar-refractivity contribution in [1.29, 1.82) is 0 Å². The average molecular weight is 528 g/mol. The molecule has 176 valence electrons. The molecular weight excluding hydrogens is 505 g/mol. The number of nitrogens with zero attached hydrogens (tertiary/aromatic N) is 3. The van der Waals surface area contributed by atoms with Crippen molar-refractivity contribution in [3.05, 3.63) is 64.2 Å². The number of carboxylic acids is 1. The summed E-state index contributed by atoms with van der Waals surface area (Å²) in [6.07, 6.45) is 1.74. The van der Waals surface area contributed by atoms with Crippen LogP contribution in [0.15, 0.2) is 51.4 Å². The molecule has 3 heterocycles. The fourth-order valence-electron chi connectivity index (χ4n) is 4.64. The fourth-order valence-corrected chi connectivity index (χ4v) is 5.33. The number of carbonyl (C=O) groups is 1. The van der Waals surface area contributed by atoms with Crippen LogP contribution < -0.4 is 9.64 Å². The zero-order valence-corrected chi connectivity index (χ0v) is 20.3. The van der Waals surface area contributed by atoms with Crippen LogP contribution in [0, 0.1) is 12.7 Å². The first-order chi connectivity index (χ1) is 16.4. The highest BCUT2D eigenvalue weighted by atomic mass is 79.9. The van der Waals surface area contributed by atoms with Gasteiger partial charge in [0.15, 0.2) is 0 Å². The monoisotopic (exact) mass is 527 g/mol. The molecule has 0 radical (unpaired) electrons. The summed E-state index contributed by atoms with van der Waals surface area (Å²) in [5.74, 6) is -1.03. The summed E-state index contributed by atoms with van der Waals surface area (Å²) in [7, 11) is 1.54. The number of aromatic nitrogens is 2. The maximum atomic E-state index is 13.7. The van der Waals surface area contributed by atoms with Crippen molar-refractivity contribution in [3.63, 3.8) is 0 Å². The van der Waals surface area contributed by atoms with E-state index in [0.29, 0.717) is 11.3 Å². The fraction of sp³-hybridized carbons (Fsp3) is 0.280. The van der Waals surface area contributed by atoms with Gasteiger partial charge in [0.05, 0.1) is 34.7 Å². The molecule has 7 nitrogen and oxygen atoms in total. The molecule has 0 bridgehead atoms. The van der Waals surface area contributed by atoms with Crippen molar-refractivity contribution in [2.24, 2.45) is 0 Å². The van der Waals surface area contributed by atoms with E-state index in [0.717, 1.165) is 58.4 Å². The molecule has 4 aromatic rings.